The average Bonchev–Trinajstić information content (AvgIpc) is 2.35. The molecule has 1 aromatic carbocycles. The lowest BCUT2D eigenvalue weighted by atomic mass is 10.2. The first-order valence-electron chi connectivity index (χ1n) is 4.70. The molecule has 0 saturated carbocycles. The van der Waals surface area contributed by atoms with E-state index in [-0.39, 0.29) is 19.1 Å². The van der Waals surface area contributed by atoms with Gasteiger partial charge >= 0.3 is 0 Å². The van der Waals surface area contributed by atoms with Crippen LogP contribution < -0.4 is 16.0 Å². The molecule has 6 nitrogen and oxygen atoms in total. The third kappa shape index (κ3) is 3.50. The van der Waals surface area contributed by atoms with Crippen LogP contribution in [0.15, 0.2) is 24.3 Å². The van der Waals surface area contributed by atoms with E-state index in [1.54, 1.807) is 24.3 Å². The fourth-order valence-electron chi connectivity index (χ4n) is 1.03. The first-order chi connectivity index (χ1) is 7.67. The van der Waals surface area contributed by atoms with E-state index in [1.165, 1.54) is 0 Å². The average molecular weight is 226 g/mol. The number of nitrogens with two attached hydrogens (primary N) is 1. The van der Waals surface area contributed by atoms with Gasteiger partial charge in [0.1, 0.15) is 18.5 Å². The second-order valence-electron chi connectivity index (χ2n) is 3.15. The van der Waals surface area contributed by atoms with E-state index in [0.717, 1.165) is 0 Å². The van der Waals surface area contributed by atoms with Crippen LogP contribution in [0.25, 0.3) is 0 Å². The smallest absolute Gasteiger partial charge is 0.265 e. The van der Waals surface area contributed by atoms with E-state index in [4.69, 9.17) is 20.8 Å². The lowest BCUT2D eigenvalue weighted by molar-refractivity contribution is 0.0536. The number of benzene rings is 1. The van der Waals surface area contributed by atoms with Crippen molar-refractivity contribution in [1.82, 2.24) is 5.43 Å². The number of hydrazine groups is 1. The van der Waals surface area contributed by atoms with E-state index < -0.39 is 6.10 Å². The van der Waals surface area contributed by atoms with E-state index in [1.807, 2.05) is 5.43 Å². The third-order valence-electron chi connectivity index (χ3n) is 1.90. The molecule has 88 valence electrons. The van der Waals surface area contributed by atoms with Crippen molar-refractivity contribution in [2.45, 2.75) is 6.10 Å². The molecular formula is C10H14N2O4. The minimum Gasteiger partial charge on any atom is -0.491 e. The Labute approximate surface area is 92.6 Å². The zero-order chi connectivity index (χ0) is 12.0. The second-order valence-corrected chi connectivity index (χ2v) is 3.15. The topological polar surface area (TPSA) is 105 Å². The quantitative estimate of drug-likeness (QED) is 0.293. The SMILES string of the molecule is NNC(=O)c1ccc(OCC(O)CO)cc1. The Morgan fingerprint density at radius 2 is 2.06 bits per heavy atom. The molecule has 0 aliphatic heterocycles. The number of rotatable bonds is 5. The first kappa shape index (κ1) is 12.4. The van der Waals surface area contributed by atoms with Crippen LogP contribution in [0, 0.1) is 0 Å². The molecular weight excluding hydrogens is 212 g/mol. The van der Waals surface area contributed by atoms with Crippen LogP contribution in [0.3, 0.4) is 0 Å². The highest BCUT2D eigenvalue weighted by molar-refractivity contribution is 5.93. The lowest BCUT2D eigenvalue weighted by Gasteiger charge is -2.09. The van der Waals surface area contributed by atoms with E-state index in [2.05, 4.69) is 0 Å². The highest BCUT2D eigenvalue weighted by Gasteiger charge is 2.05. The number of aliphatic hydroxyl groups excluding tert-OH is 2. The number of nitrogen functional groups attached to an aromatic ring is 1. The van der Waals surface area contributed by atoms with Crippen molar-refractivity contribution in [2.75, 3.05) is 13.2 Å². The number of nitrogens with one attached hydrogen (secondary N) is 1. The molecule has 1 atom stereocenters. The van der Waals surface area contributed by atoms with Crippen molar-refractivity contribution < 1.29 is 19.7 Å². The Kier molecular flexibility index (Phi) is 4.71. The van der Waals surface area contributed by atoms with Crippen LogP contribution in [0.4, 0.5) is 0 Å². The predicted octanol–water partition coefficient (Wildman–Crippen LogP) is -0.978. The number of hydrogen-bond donors (Lipinski definition) is 4. The second kappa shape index (κ2) is 6.06. The molecule has 16 heavy (non-hydrogen) atoms. The summed E-state index contributed by atoms with van der Waals surface area (Å²) in [6, 6.07) is 6.25. The summed E-state index contributed by atoms with van der Waals surface area (Å²) in [5.74, 6) is 5.08. The first-order valence-corrected chi connectivity index (χ1v) is 4.70. The molecule has 1 unspecified atom stereocenters. The highest BCUT2D eigenvalue weighted by Crippen LogP contribution is 2.12. The van der Waals surface area contributed by atoms with Gasteiger partial charge in [0.25, 0.3) is 5.91 Å². The fourth-order valence-corrected chi connectivity index (χ4v) is 1.03. The number of ether oxygens (including phenoxy) is 1. The summed E-state index contributed by atoms with van der Waals surface area (Å²) in [5.41, 5.74) is 2.42. The maximum Gasteiger partial charge on any atom is 0.265 e. The van der Waals surface area contributed by atoms with Gasteiger partial charge in [0.05, 0.1) is 6.61 Å². The van der Waals surface area contributed by atoms with Gasteiger partial charge in [0, 0.05) is 5.56 Å². The number of aliphatic hydroxyl groups is 2. The van der Waals surface area contributed by atoms with Crippen LogP contribution in [0.5, 0.6) is 5.75 Å². The summed E-state index contributed by atoms with van der Waals surface area (Å²) in [4.78, 5) is 11.1. The van der Waals surface area contributed by atoms with Gasteiger partial charge in [-0.05, 0) is 24.3 Å². The summed E-state index contributed by atoms with van der Waals surface area (Å²) in [6.07, 6.45) is -0.910. The third-order valence-corrected chi connectivity index (χ3v) is 1.90. The summed E-state index contributed by atoms with van der Waals surface area (Å²) < 4.78 is 5.15. The van der Waals surface area contributed by atoms with Gasteiger partial charge in [-0.3, -0.25) is 10.2 Å². The summed E-state index contributed by atoms with van der Waals surface area (Å²) in [7, 11) is 0. The molecule has 0 radical (unpaired) electrons. The number of carbonyl (C=O) groups excluding carboxylic acids is 1. The number of carbonyl (C=O) groups is 1. The van der Waals surface area contributed by atoms with Crippen molar-refractivity contribution >= 4 is 5.91 Å². The normalized spacial score (nSPS) is 11.9. The largest absolute Gasteiger partial charge is 0.491 e. The van der Waals surface area contributed by atoms with Crippen LogP contribution in [0.1, 0.15) is 10.4 Å². The molecule has 5 N–H and O–H groups in total. The summed E-state index contributed by atoms with van der Waals surface area (Å²) >= 11 is 0. The Hall–Kier alpha value is -1.63. The van der Waals surface area contributed by atoms with E-state index >= 15 is 0 Å². The number of hydrogen-bond acceptors (Lipinski definition) is 5. The minimum absolute atomic E-state index is 0.00106. The number of amides is 1. The van der Waals surface area contributed by atoms with Crippen molar-refractivity contribution in [3.8, 4) is 5.75 Å². The summed E-state index contributed by atoms with van der Waals surface area (Å²) in [6.45, 7) is -0.355. The van der Waals surface area contributed by atoms with Gasteiger partial charge in [0.15, 0.2) is 0 Å². The zero-order valence-corrected chi connectivity index (χ0v) is 8.59. The Morgan fingerprint density at radius 1 is 1.44 bits per heavy atom. The van der Waals surface area contributed by atoms with Crippen LogP contribution in [-0.4, -0.2) is 35.4 Å². The van der Waals surface area contributed by atoms with Gasteiger partial charge in [-0.1, -0.05) is 0 Å². The molecule has 1 rings (SSSR count). The highest BCUT2D eigenvalue weighted by atomic mass is 16.5. The maximum atomic E-state index is 11.1. The molecule has 0 aromatic heterocycles. The molecule has 1 amide bonds. The lowest BCUT2D eigenvalue weighted by Crippen LogP contribution is -2.29. The molecule has 6 heteroatoms. The van der Waals surface area contributed by atoms with Crippen molar-refractivity contribution in [3.63, 3.8) is 0 Å². The summed E-state index contributed by atoms with van der Waals surface area (Å²) in [5, 5.41) is 17.6. The monoisotopic (exact) mass is 226 g/mol. The van der Waals surface area contributed by atoms with Crippen LogP contribution >= 0.6 is 0 Å². The van der Waals surface area contributed by atoms with Gasteiger partial charge in [-0.25, -0.2) is 5.84 Å². The Balaban J connectivity index is 2.54. The maximum absolute atomic E-state index is 11.1. The molecule has 0 heterocycles. The zero-order valence-electron chi connectivity index (χ0n) is 8.59. The van der Waals surface area contributed by atoms with Gasteiger partial charge in [0.2, 0.25) is 0 Å². The van der Waals surface area contributed by atoms with Crippen molar-refractivity contribution in [3.05, 3.63) is 29.8 Å². The molecule has 0 bridgehead atoms. The van der Waals surface area contributed by atoms with Gasteiger partial charge in [-0.15, -0.1) is 0 Å². The van der Waals surface area contributed by atoms with Gasteiger partial charge in [-0.2, -0.15) is 0 Å². The van der Waals surface area contributed by atoms with Crippen molar-refractivity contribution in [2.24, 2.45) is 5.84 Å². The van der Waals surface area contributed by atoms with Gasteiger partial charge < -0.3 is 14.9 Å². The van der Waals surface area contributed by atoms with Crippen LogP contribution in [-0.2, 0) is 0 Å². The van der Waals surface area contributed by atoms with Crippen molar-refractivity contribution in [1.29, 1.82) is 0 Å². The van der Waals surface area contributed by atoms with Crippen LogP contribution in [0.2, 0.25) is 0 Å². The molecule has 0 fully saturated rings. The molecule has 0 aliphatic carbocycles. The standard InChI is InChI=1S/C10H14N2O4/c11-12-10(15)7-1-3-9(4-2-7)16-6-8(14)5-13/h1-4,8,13-14H,5-6,11H2,(H,12,15). The molecule has 1 aromatic rings. The Morgan fingerprint density at radius 3 is 2.56 bits per heavy atom. The van der Waals surface area contributed by atoms with E-state index in [9.17, 15) is 4.79 Å². The minimum atomic E-state index is -0.910. The molecule has 0 aliphatic rings. The molecule has 0 saturated heterocycles. The predicted molar refractivity (Wildman–Crippen MR) is 56.7 cm³/mol. The molecule has 0 spiro atoms. The van der Waals surface area contributed by atoms with E-state index in [0.29, 0.717) is 11.3 Å². The fraction of sp³-hybridized carbons (Fsp3) is 0.300. The Bertz CT molecular complexity index is 339.